The molecule has 0 bridgehead atoms. The Morgan fingerprint density at radius 1 is 1.44 bits per heavy atom. The molecule has 0 saturated carbocycles. The molecular formula is C10H8BrF3O4. The minimum atomic E-state index is -4.79. The number of hydrogen-bond donors (Lipinski definition) is 2. The molecule has 0 spiro atoms. The lowest BCUT2D eigenvalue weighted by atomic mass is 10.0. The fraction of sp³-hybridized carbons (Fsp3) is 0.300. The second kappa shape index (κ2) is 5.15. The number of alkyl halides is 3. The number of carboxylic acids is 1. The molecule has 0 aromatic heterocycles. The molecule has 1 aromatic carbocycles. The van der Waals surface area contributed by atoms with E-state index in [0.29, 0.717) is 6.07 Å². The van der Waals surface area contributed by atoms with E-state index in [1.54, 1.807) is 0 Å². The predicted molar refractivity (Wildman–Crippen MR) is 58.3 cm³/mol. The van der Waals surface area contributed by atoms with Gasteiger partial charge in [-0.05, 0) is 28.1 Å². The molecule has 2 N–H and O–H groups in total. The Morgan fingerprint density at radius 3 is 2.39 bits per heavy atom. The number of benzene rings is 1. The first-order valence-corrected chi connectivity index (χ1v) is 5.33. The Kier molecular flexibility index (Phi) is 4.23. The molecule has 100 valence electrons. The summed E-state index contributed by atoms with van der Waals surface area (Å²) in [7, 11) is 1.17. The largest absolute Gasteiger partial charge is 0.496 e. The van der Waals surface area contributed by atoms with Gasteiger partial charge in [-0.15, -0.1) is 0 Å². The highest BCUT2D eigenvalue weighted by molar-refractivity contribution is 9.10. The molecule has 18 heavy (non-hydrogen) atoms. The van der Waals surface area contributed by atoms with E-state index in [1.165, 1.54) is 7.11 Å². The van der Waals surface area contributed by atoms with Crippen LogP contribution in [0.25, 0.3) is 0 Å². The normalized spacial score (nSPS) is 13.2. The smallest absolute Gasteiger partial charge is 0.416 e. The zero-order chi connectivity index (χ0) is 14.1. The van der Waals surface area contributed by atoms with E-state index in [9.17, 15) is 23.1 Å². The second-order valence-electron chi connectivity index (χ2n) is 3.31. The van der Waals surface area contributed by atoms with Crippen molar-refractivity contribution < 1.29 is 32.9 Å². The minimum Gasteiger partial charge on any atom is -0.496 e. The number of aliphatic hydroxyl groups excluding tert-OH is 1. The van der Waals surface area contributed by atoms with Crippen molar-refractivity contribution in [1.29, 1.82) is 0 Å². The average molecular weight is 329 g/mol. The number of halogens is 4. The van der Waals surface area contributed by atoms with Crippen molar-refractivity contribution in [2.24, 2.45) is 0 Å². The third kappa shape index (κ3) is 2.94. The summed E-state index contributed by atoms with van der Waals surface area (Å²) in [6.45, 7) is 0. The van der Waals surface area contributed by atoms with Crippen molar-refractivity contribution in [2.75, 3.05) is 7.11 Å². The number of methoxy groups -OCH3 is 1. The minimum absolute atomic E-state index is 0.108. The first kappa shape index (κ1) is 14.8. The lowest BCUT2D eigenvalue weighted by Crippen LogP contribution is -2.17. The van der Waals surface area contributed by atoms with Crippen LogP contribution in [0.3, 0.4) is 0 Å². The third-order valence-electron chi connectivity index (χ3n) is 2.16. The van der Waals surface area contributed by atoms with Gasteiger partial charge in [-0.25, -0.2) is 4.79 Å². The van der Waals surface area contributed by atoms with Crippen LogP contribution in [0.15, 0.2) is 16.6 Å². The monoisotopic (exact) mass is 328 g/mol. The van der Waals surface area contributed by atoms with Crippen LogP contribution in [-0.4, -0.2) is 23.3 Å². The molecular weight excluding hydrogens is 321 g/mol. The van der Waals surface area contributed by atoms with Crippen LogP contribution in [-0.2, 0) is 11.0 Å². The predicted octanol–water partition coefficient (Wildman–Crippen LogP) is 2.59. The van der Waals surface area contributed by atoms with Crippen molar-refractivity contribution in [1.82, 2.24) is 0 Å². The van der Waals surface area contributed by atoms with Gasteiger partial charge in [-0.3, -0.25) is 0 Å². The first-order chi connectivity index (χ1) is 8.18. The Labute approximate surface area is 108 Å². The van der Waals surface area contributed by atoms with Crippen LogP contribution in [0.4, 0.5) is 13.2 Å². The quantitative estimate of drug-likeness (QED) is 0.895. The molecule has 0 aliphatic rings. The molecule has 4 nitrogen and oxygen atoms in total. The Morgan fingerprint density at radius 2 is 2.00 bits per heavy atom. The van der Waals surface area contributed by atoms with Gasteiger partial charge < -0.3 is 14.9 Å². The second-order valence-corrected chi connectivity index (χ2v) is 4.17. The van der Waals surface area contributed by atoms with Crippen molar-refractivity contribution >= 4 is 21.9 Å². The van der Waals surface area contributed by atoms with Crippen molar-refractivity contribution in [3.05, 3.63) is 27.7 Å². The summed E-state index contributed by atoms with van der Waals surface area (Å²) in [5, 5.41) is 17.8. The molecule has 1 atom stereocenters. The van der Waals surface area contributed by atoms with Crippen LogP contribution in [0.1, 0.15) is 17.2 Å². The first-order valence-electron chi connectivity index (χ1n) is 4.54. The molecule has 0 radical (unpaired) electrons. The van der Waals surface area contributed by atoms with E-state index in [1.807, 2.05) is 0 Å². The number of rotatable bonds is 3. The maximum Gasteiger partial charge on any atom is 0.416 e. The lowest BCUT2D eigenvalue weighted by molar-refractivity contribution is -0.149. The number of carboxylic acid groups (broad SMARTS) is 1. The summed E-state index contributed by atoms with van der Waals surface area (Å²) >= 11 is 2.93. The van der Waals surface area contributed by atoms with Gasteiger partial charge in [0, 0.05) is 5.56 Å². The summed E-state index contributed by atoms with van der Waals surface area (Å²) in [6.07, 6.45) is -7.05. The van der Waals surface area contributed by atoms with E-state index in [2.05, 4.69) is 15.9 Å². The molecule has 0 saturated heterocycles. The average Bonchev–Trinajstić information content (AvgIpc) is 2.25. The maximum atomic E-state index is 12.7. The summed E-state index contributed by atoms with van der Waals surface area (Å²) in [5.74, 6) is -1.87. The number of carbonyl (C=O) groups is 1. The highest BCUT2D eigenvalue weighted by Crippen LogP contribution is 2.40. The van der Waals surface area contributed by atoms with Gasteiger partial charge in [0.05, 0.1) is 17.1 Å². The Hall–Kier alpha value is -1.28. The molecule has 0 fully saturated rings. The molecule has 0 aliphatic heterocycles. The van der Waals surface area contributed by atoms with E-state index in [4.69, 9.17) is 9.84 Å². The summed E-state index contributed by atoms with van der Waals surface area (Å²) in [5.41, 5.74) is -2.00. The van der Waals surface area contributed by atoms with Gasteiger partial charge in [0.15, 0.2) is 6.10 Å². The fourth-order valence-electron chi connectivity index (χ4n) is 1.33. The highest BCUT2D eigenvalue weighted by atomic mass is 79.9. The zero-order valence-corrected chi connectivity index (χ0v) is 10.5. The van der Waals surface area contributed by atoms with Crippen molar-refractivity contribution in [3.63, 3.8) is 0 Å². The number of aliphatic carboxylic acids is 1. The van der Waals surface area contributed by atoms with Gasteiger partial charge in [0.1, 0.15) is 5.75 Å². The van der Waals surface area contributed by atoms with Crippen molar-refractivity contribution in [3.8, 4) is 5.75 Å². The van der Waals surface area contributed by atoms with E-state index in [-0.39, 0.29) is 10.2 Å². The Balaban J connectivity index is 3.49. The van der Waals surface area contributed by atoms with E-state index in [0.717, 1.165) is 6.07 Å². The Bertz CT molecular complexity index is 473. The standard InChI is InChI=1S/C10H8BrF3O4/c1-18-7-3-5(10(12,13)14)4(2-6(7)11)8(15)9(16)17/h2-3,8,15H,1H3,(H,16,17). The summed E-state index contributed by atoms with van der Waals surface area (Å²) in [6, 6.07) is 1.51. The molecule has 1 rings (SSSR count). The van der Waals surface area contributed by atoms with Gasteiger partial charge in [-0.2, -0.15) is 13.2 Å². The van der Waals surface area contributed by atoms with Gasteiger partial charge >= 0.3 is 12.1 Å². The van der Waals surface area contributed by atoms with Gasteiger partial charge in [0.25, 0.3) is 0 Å². The van der Waals surface area contributed by atoms with E-state index >= 15 is 0 Å². The fourth-order valence-corrected chi connectivity index (χ4v) is 1.85. The molecule has 8 heteroatoms. The van der Waals surface area contributed by atoms with Gasteiger partial charge in [-0.1, -0.05) is 0 Å². The van der Waals surface area contributed by atoms with Crippen molar-refractivity contribution in [2.45, 2.75) is 12.3 Å². The van der Waals surface area contributed by atoms with Crippen LogP contribution in [0, 0.1) is 0 Å². The third-order valence-corrected chi connectivity index (χ3v) is 2.78. The molecule has 1 unspecified atom stereocenters. The van der Waals surface area contributed by atoms with Crippen LogP contribution >= 0.6 is 15.9 Å². The molecule has 1 aromatic rings. The SMILES string of the molecule is COc1cc(C(F)(F)F)c(C(O)C(=O)O)cc1Br. The molecule has 0 heterocycles. The summed E-state index contributed by atoms with van der Waals surface area (Å²) < 4.78 is 43.1. The topological polar surface area (TPSA) is 66.8 Å². The molecule has 0 aliphatic carbocycles. The maximum absolute atomic E-state index is 12.7. The van der Waals surface area contributed by atoms with Gasteiger partial charge in [0.2, 0.25) is 0 Å². The van der Waals surface area contributed by atoms with Crippen LogP contribution in [0.5, 0.6) is 5.75 Å². The molecule has 0 amide bonds. The van der Waals surface area contributed by atoms with Crippen LogP contribution in [0.2, 0.25) is 0 Å². The number of hydrogen-bond acceptors (Lipinski definition) is 3. The number of ether oxygens (including phenoxy) is 1. The lowest BCUT2D eigenvalue weighted by Gasteiger charge is -2.17. The highest BCUT2D eigenvalue weighted by Gasteiger charge is 2.37. The van der Waals surface area contributed by atoms with Crippen LogP contribution < -0.4 is 4.74 Å². The summed E-state index contributed by atoms with van der Waals surface area (Å²) in [4.78, 5) is 10.6. The number of aliphatic hydroxyl groups is 1. The van der Waals surface area contributed by atoms with E-state index < -0.39 is 29.4 Å². The zero-order valence-electron chi connectivity index (χ0n) is 8.95.